The topological polar surface area (TPSA) is 29.5 Å². The standard InChI is InChI=1S/C14H22O2/c1-3-5-6-7-10-16-14-9-8-13(15)11-12(14)4-2/h8-9,11,15H,3-7,10H2,1-2H3. The molecule has 0 bridgehead atoms. The Bertz CT molecular complexity index is 308. The van der Waals surface area contributed by atoms with Crippen LogP contribution in [-0.2, 0) is 6.42 Å². The Kier molecular flexibility index (Phi) is 5.76. The van der Waals surface area contributed by atoms with Crippen molar-refractivity contribution in [2.45, 2.75) is 46.0 Å². The molecule has 0 unspecified atom stereocenters. The molecule has 1 rings (SSSR count). The molecule has 1 N–H and O–H groups in total. The van der Waals surface area contributed by atoms with E-state index in [2.05, 4.69) is 13.8 Å². The first-order valence-electron chi connectivity index (χ1n) is 6.22. The lowest BCUT2D eigenvalue weighted by Crippen LogP contribution is -1.99. The summed E-state index contributed by atoms with van der Waals surface area (Å²) >= 11 is 0. The SMILES string of the molecule is CCCCCCOc1ccc(O)cc1CC. The summed E-state index contributed by atoms with van der Waals surface area (Å²) in [6.07, 6.45) is 5.76. The van der Waals surface area contributed by atoms with Crippen molar-refractivity contribution in [3.05, 3.63) is 23.8 Å². The van der Waals surface area contributed by atoms with Crippen LogP contribution in [0.1, 0.15) is 45.1 Å². The van der Waals surface area contributed by atoms with Gasteiger partial charge in [0.25, 0.3) is 0 Å². The maximum Gasteiger partial charge on any atom is 0.122 e. The van der Waals surface area contributed by atoms with E-state index in [1.165, 1.54) is 19.3 Å². The predicted octanol–water partition coefficient (Wildman–Crippen LogP) is 3.91. The summed E-state index contributed by atoms with van der Waals surface area (Å²) < 4.78 is 5.72. The number of aryl methyl sites for hydroxylation is 1. The molecule has 16 heavy (non-hydrogen) atoms. The molecule has 0 saturated carbocycles. The van der Waals surface area contributed by atoms with Crippen molar-refractivity contribution < 1.29 is 9.84 Å². The van der Waals surface area contributed by atoms with E-state index in [-0.39, 0.29) is 0 Å². The molecular weight excluding hydrogens is 200 g/mol. The number of aromatic hydroxyl groups is 1. The van der Waals surface area contributed by atoms with E-state index in [0.29, 0.717) is 5.75 Å². The van der Waals surface area contributed by atoms with Crippen molar-refractivity contribution in [1.29, 1.82) is 0 Å². The number of phenols is 1. The van der Waals surface area contributed by atoms with Crippen LogP contribution in [0.15, 0.2) is 18.2 Å². The van der Waals surface area contributed by atoms with E-state index in [4.69, 9.17) is 4.74 Å². The molecule has 2 heteroatoms. The van der Waals surface area contributed by atoms with Gasteiger partial charge in [-0.25, -0.2) is 0 Å². The lowest BCUT2D eigenvalue weighted by molar-refractivity contribution is 0.301. The van der Waals surface area contributed by atoms with Crippen LogP contribution < -0.4 is 4.74 Å². The van der Waals surface area contributed by atoms with Gasteiger partial charge in [-0.3, -0.25) is 0 Å². The number of ether oxygens (including phenoxy) is 1. The number of unbranched alkanes of at least 4 members (excludes halogenated alkanes) is 3. The highest BCUT2D eigenvalue weighted by molar-refractivity contribution is 5.39. The third-order valence-electron chi connectivity index (χ3n) is 2.68. The summed E-state index contributed by atoms with van der Waals surface area (Å²) in [5.41, 5.74) is 1.08. The smallest absolute Gasteiger partial charge is 0.122 e. The summed E-state index contributed by atoms with van der Waals surface area (Å²) in [4.78, 5) is 0. The molecule has 1 aromatic rings. The van der Waals surface area contributed by atoms with E-state index in [9.17, 15) is 5.11 Å². The Balaban J connectivity index is 2.41. The Hall–Kier alpha value is -1.18. The molecule has 0 atom stereocenters. The molecule has 0 radical (unpaired) electrons. The molecule has 0 aromatic heterocycles. The quantitative estimate of drug-likeness (QED) is 0.709. The lowest BCUT2D eigenvalue weighted by atomic mass is 10.1. The molecule has 90 valence electrons. The maximum absolute atomic E-state index is 9.35. The van der Waals surface area contributed by atoms with Gasteiger partial charge < -0.3 is 9.84 Å². The Labute approximate surface area is 98.3 Å². The van der Waals surface area contributed by atoms with Gasteiger partial charge in [0.05, 0.1) is 6.61 Å². The van der Waals surface area contributed by atoms with Crippen LogP contribution >= 0.6 is 0 Å². The van der Waals surface area contributed by atoms with Gasteiger partial charge in [0.1, 0.15) is 11.5 Å². The second-order valence-corrected chi connectivity index (χ2v) is 4.05. The fourth-order valence-corrected chi connectivity index (χ4v) is 1.69. The number of phenolic OH excluding ortho intramolecular Hbond substituents is 1. The number of hydrogen-bond donors (Lipinski definition) is 1. The normalized spacial score (nSPS) is 10.4. The van der Waals surface area contributed by atoms with E-state index >= 15 is 0 Å². The van der Waals surface area contributed by atoms with Crippen LogP contribution in [0.4, 0.5) is 0 Å². The first kappa shape index (κ1) is 12.9. The maximum atomic E-state index is 9.35. The van der Waals surface area contributed by atoms with Crippen LogP contribution in [0.2, 0.25) is 0 Å². The minimum Gasteiger partial charge on any atom is -0.508 e. The van der Waals surface area contributed by atoms with Gasteiger partial charge >= 0.3 is 0 Å². The first-order chi connectivity index (χ1) is 7.77. The van der Waals surface area contributed by atoms with Crippen molar-refractivity contribution in [3.8, 4) is 11.5 Å². The van der Waals surface area contributed by atoms with Crippen LogP contribution in [0.25, 0.3) is 0 Å². The van der Waals surface area contributed by atoms with Gasteiger partial charge in [-0.15, -0.1) is 0 Å². The van der Waals surface area contributed by atoms with Crippen LogP contribution in [0.5, 0.6) is 11.5 Å². The second kappa shape index (κ2) is 7.15. The predicted molar refractivity (Wildman–Crippen MR) is 67.1 cm³/mol. The van der Waals surface area contributed by atoms with Gasteiger partial charge in [-0.05, 0) is 36.6 Å². The number of hydrogen-bond acceptors (Lipinski definition) is 2. The van der Waals surface area contributed by atoms with Gasteiger partial charge in [-0.2, -0.15) is 0 Å². The number of rotatable bonds is 7. The number of benzene rings is 1. The molecule has 0 heterocycles. The van der Waals surface area contributed by atoms with Crippen molar-refractivity contribution in [2.75, 3.05) is 6.61 Å². The van der Waals surface area contributed by atoms with Crippen LogP contribution in [0.3, 0.4) is 0 Å². The average molecular weight is 222 g/mol. The molecule has 0 aliphatic heterocycles. The Morgan fingerprint density at radius 2 is 1.94 bits per heavy atom. The molecule has 0 aliphatic carbocycles. The van der Waals surface area contributed by atoms with E-state index in [1.807, 2.05) is 6.07 Å². The van der Waals surface area contributed by atoms with Crippen molar-refractivity contribution in [2.24, 2.45) is 0 Å². The van der Waals surface area contributed by atoms with Crippen molar-refractivity contribution in [3.63, 3.8) is 0 Å². The second-order valence-electron chi connectivity index (χ2n) is 4.05. The van der Waals surface area contributed by atoms with Gasteiger partial charge in [0, 0.05) is 0 Å². The third kappa shape index (κ3) is 4.13. The minimum atomic E-state index is 0.315. The zero-order valence-corrected chi connectivity index (χ0v) is 10.3. The monoisotopic (exact) mass is 222 g/mol. The molecule has 0 aliphatic rings. The molecule has 0 saturated heterocycles. The fourth-order valence-electron chi connectivity index (χ4n) is 1.69. The largest absolute Gasteiger partial charge is 0.508 e. The Morgan fingerprint density at radius 1 is 1.12 bits per heavy atom. The van der Waals surface area contributed by atoms with Crippen LogP contribution in [0, 0.1) is 0 Å². The summed E-state index contributed by atoms with van der Waals surface area (Å²) in [7, 11) is 0. The molecule has 0 spiro atoms. The zero-order valence-electron chi connectivity index (χ0n) is 10.3. The van der Waals surface area contributed by atoms with Gasteiger partial charge in [-0.1, -0.05) is 33.1 Å². The average Bonchev–Trinajstić information content (AvgIpc) is 2.30. The first-order valence-corrected chi connectivity index (χ1v) is 6.22. The Morgan fingerprint density at radius 3 is 2.62 bits per heavy atom. The molecule has 1 aromatic carbocycles. The molecular formula is C14H22O2. The highest BCUT2D eigenvalue weighted by atomic mass is 16.5. The van der Waals surface area contributed by atoms with Gasteiger partial charge in [0.2, 0.25) is 0 Å². The molecule has 2 nitrogen and oxygen atoms in total. The van der Waals surface area contributed by atoms with Crippen LogP contribution in [-0.4, -0.2) is 11.7 Å². The summed E-state index contributed by atoms with van der Waals surface area (Å²) in [6, 6.07) is 5.32. The van der Waals surface area contributed by atoms with E-state index < -0.39 is 0 Å². The minimum absolute atomic E-state index is 0.315. The van der Waals surface area contributed by atoms with Crippen molar-refractivity contribution >= 4 is 0 Å². The highest BCUT2D eigenvalue weighted by Crippen LogP contribution is 2.24. The lowest BCUT2D eigenvalue weighted by Gasteiger charge is -2.10. The van der Waals surface area contributed by atoms with E-state index in [1.54, 1.807) is 12.1 Å². The highest BCUT2D eigenvalue weighted by Gasteiger charge is 2.02. The molecule has 0 fully saturated rings. The fraction of sp³-hybridized carbons (Fsp3) is 0.571. The van der Waals surface area contributed by atoms with Gasteiger partial charge in [0.15, 0.2) is 0 Å². The van der Waals surface area contributed by atoms with Crippen molar-refractivity contribution in [1.82, 2.24) is 0 Å². The zero-order chi connectivity index (χ0) is 11.8. The third-order valence-corrected chi connectivity index (χ3v) is 2.68. The molecule has 0 amide bonds. The summed E-state index contributed by atoms with van der Waals surface area (Å²) in [5.74, 6) is 1.23. The summed E-state index contributed by atoms with van der Waals surface area (Å²) in [6.45, 7) is 5.05. The summed E-state index contributed by atoms with van der Waals surface area (Å²) in [5, 5.41) is 9.35. The van der Waals surface area contributed by atoms with E-state index in [0.717, 1.165) is 30.8 Å².